The van der Waals surface area contributed by atoms with E-state index < -0.39 is 0 Å². The molecule has 2 aromatic rings. The van der Waals surface area contributed by atoms with Crippen molar-refractivity contribution < 1.29 is 4.79 Å². The van der Waals surface area contributed by atoms with Gasteiger partial charge >= 0.3 is 0 Å². The van der Waals surface area contributed by atoms with Crippen molar-refractivity contribution >= 4 is 17.8 Å². The van der Waals surface area contributed by atoms with Gasteiger partial charge in [-0.3, -0.25) is 9.69 Å². The molecule has 1 saturated heterocycles. The van der Waals surface area contributed by atoms with E-state index in [4.69, 9.17) is 0 Å². The third-order valence-corrected chi connectivity index (χ3v) is 5.22. The fourth-order valence-electron chi connectivity index (χ4n) is 3.35. The van der Waals surface area contributed by atoms with Gasteiger partial charge in [0.05, 0.1) is 12.4 Å². The minimum atomic E-state index is -0.0625. The van der Waals surface area contributed by atoms with Gasteiger partial charge in [-0.15, -0.1) is 0 Å². The first-order chi connectivity index (χ1) is 14.2. The standard InChI is InChI=1S/C23H31N5O/c1-3-4-12-26(2)23(29)21-18-25-22(19-24-21)28-16-14-27(15-17-28)13-8-11-20-9-6-5-7-10-20/h5-11,18-19H,3-4,12-17H2,1-2H3/b11-8+. The number of nitrogens with zero attached hydrogens (tertiary/aromatic N) is 5. The summed E-state index contributed by atoms with van der Waals surface area (Å²) in [7, 11) is 1.82. The molecule has 154 valence electrons. The molecule has 6 heteroatoms. The van der Waals surface area contributed by atoms with Crippen molar-refractivity contribution in [1.29, 1.82) is 0 Å². The number of piperazine rings is 1. The molecule has 0 atom stereocenters. The molecule has 1 amide bonds. The summed E-state index contributed by atoms with van der Waals surface area (Å²) in [6.07, 6.45) is 9.79. The summed E-state index contributed by atoms with van der Waals surface area (Å²) in [5, 5.41) is 0. The number of hydrogen-bond acceptors (Lipinski definition) is 5. The van der Waals surface area contributed by atoms with E-state index >= 15 is 0 Å². The van der Waals surface area contributed by atoms with Crippen LogP contribution in [0.15, 0.2) is 48.8 Å². The Morgan fingerprint density at radius 1 is 1.10 bits per heavy atom. The van der Waals surface area contributed by atoms with Crippen LogP contribution in [0, 0.1) is 0 Å². The van der Waals surface area contributed by atoms with E-state index in [9.17, 15) is 4.79 Å². The molecule has 0 spiro atoms. The van der Waals surface area contributed by atoms with Crippen LogP contribution < -0.4 is 4.90 Å². The molecule has 1 aromatic heterocycles. The number of aromatic nitrogens is 2. The molecule has 0 N–H and O–H groups in total. The zero-order valence-corrected chi connectivity index (χ0v) is 17.5. The molecular formula is C23H31N5O. The largest absolute Gasteiger partial charge is 0.353 e. The fourth-order valence-corrected chi connectivity index (χ4v) is 3.35. The summed E-state index contributed by atoms with van der Waals surface area (Å²) in [6.45, 7) is 7.62. The summed E-state index contributed by atoms with van der Waals surface area (Å²) >= 11 is 0. The Balaban J connectivity index is 1.47. The van der Waals surface area contributed by atoms with E-state index in [-0.39, 0.29) is 5.91 Å². The second-order valence-corrected chi connectivity index (χ2v) is 7.44. The number of benzene rings is 1. The molecule has 6 nitrogen and oxygen atoms in total. The second kappa shape index (κ2) is 10.7. The highest BCUT2D eigenvalue weighted by atomic mass is 16.2. The molecule has 1 aliphatic rings. The average Bonchev–Trinajstić information content (AvgIpc) is 2.78. The van der Waals surface area contributed by atoms with Crippen LogP contribution in [0.1, 0.15) is 35.8 Å². The molecule has 0 aliphatic carbocycles. The van der Waals surface area contributed by atoms with Gasteiger partial charge in [0.25, 0.3) is 5.91 Å². The van der Waals surface area contributed by atoms with Gasteiger partial charge < -0.3 is 9.80 Å². The number of amides is 1. The van der Waals surface area contributed by atoms with Gasteiger partial charge in [0, 0.05) is 46.3 Å². The van der Waals surface area contributed by atoms with E-state index in [2.05, 4.69) is 63.1 Å². The van der Waals surface area contributed by atoms with Crippen LogP contribution >= 0.6 is 0 Å². The lowest BCUT2D eigenvalue weighted by Crippen LogP contribution is -2.46. The maximum Gasteiger partial charge on any atom is 0.273 e. The van der Waals surface area contributed by atoms with Crippen molar-refractivity contribution in [3.63, 3.8) is 0 Å². The van der Waals surface area contributed by atoms with E-state index in [1.807, 2.05) is 13.1 Å². The number of anilines is 1. The minimum Gasteiger partial charge on any atom is -0.353 e. The molecule has 0 saturated carbocycles. The first-order valence-electron chi connectivity index (χ1n) is 10.4. The maximum atomic E-state index is 12.4. The highest BCUT2D eigenvalue weighted by Gasteiger charge is 2.19. The Morgan fingerprint density at radius 2 is 1.86 bits per heavy atom. The Kier molecular flexibility index (Phi) is 7.76. The number of unbranched alkanes of at least 4 members (excludes halogenated alkanes) is 1. The van der Waals surface area contributed by atoms with Crippen molar-refractivity contribution in [1.82, 2.24) is 19.8 Å². The first-order valence-corrected chi connectivity index (χ1v) is 10.4. The van der Waals surface area contributed by atoms with Gasteiger partial charge in [0.15, 0.2) is 0 Å². The van der Waals surface area contributed by atoms with Crippen molar-refractivity contribution in [2.45, 2.75) is 19.8 Å². The maximum absolute atomic E-state index is 12.4. The molecule has 29 heavy (non-hydrogen) atoms. The van der Waals surface area contributed by atoms with Crippen LogP contribution in [-0.4, -0.2) is 72.0 Å². The molecule has 0 unspecified atom stereocenters. The summed E-state index contributed by atoms with van der Waals surface area (Å²) in [4.78, 5) is 27.6. The van der Waals surface area contributed by atoms with Crippen LogP contribution in [0.3, 0.4) is 0 Å². The van der Waals surface area contributed by atoms with Crippen molar-refractivity contribution in [2.24, 2.45) is 0 Å². The lowest BCUT2D eigenvalue weighted by molar-refractivity contribution is 0.0787. The normalized spacial score (nSPS) is 15.0. The van der Waals surface area contributed by atoms with Gasteiger partial charge in [-0.1, -0.05) is 55.8 Å². The van der Waals surface area contributed by atoms with Crippen LogP contribution in [0.5, 0.6) is 0 Å². The van der Waals surface area contributed by atoms with Gasteiger partial charge in [-0.25, -0.2) is 9.97 Å². The Bertz CT molecular complexity index is 783. The van der Waals surface area contributed by atoms with E-state index in [1.165, 1.54) is 5.56 Å². The summed E-state index contributed by atoms with van der Waals surface area (Å²) in [5.41, 5.74) is 1.65. The molecule has 2 heterocycles. The molecule has 0 radical (unpaired) electrons. The van der Waals surface area contributed by atoms with Gasteiger partial charge in [-0.05, 0) is 12.0 Å². The third kappa shape index (κ3) is 6.12. The summed E-state index contributed by atoms with van der Waals surface area (Å²) in [5.74, 6) is 0.782. The SMILES string of the molecule is CCCCN(C)C(=O)c1cnc(N2CCN(C/C=C/c3ccccc3)CC2)cn1. The Hall–Kier alpha value is -2.73. The van der Waals surface area contributed by atoms with Crippen LogP contribution in [0.4, 0.5) is 5.82 Å². The smallest absolute Gasteiger partial charge is 0.273 e. The van der Waals surface area contributed by atoms with Crippen molar-refractivity contribution in [3.05, 3.63) is 60.1 Å². The topological polar surface area (TPSA) is 52.6 Å². The quantitative estimate of drug-likeness (QED) is 0.689. The predicted molar refractivity (Wildman–Crippen MR) is 118 cm³/mol. The number of hydrogen-bond donors (Lipinski definition) is 0. The number of carbonyl (C=O) groups is 1. The highest BCUT2D eigenvalue weighted by Crippen LogP contribution is 2.13. The van der Waals surface area contributed by atoms with Gasteiger partial charge in [0.1, 0.15) is 11.5 Å². The third-order valence-electron chi connectivity index (χ3n) is 5.22. The van der Waals surface area contributed by atoms with Crippen molar-refractivity contribution in [3.8, 4) is 0 Å². The molecular weight excluding hydrogens is 362 g/mol. The summed E-state index contributed by atoms with van der Waals surface area (Å²) in [6, 6.07) is 10.4. The Morgan fingerprint density at radius 3 is 2.52 bits per heavy atom. The van der Waals surface area contributed by atoms with Gasteiger partial charge in [0.2, 0.25) is 0 Å². The number of carbonyl (C=O) groups excluding carboxylic acids is 1. The molecule has 1 aliphatic heterocycles. The molecule has 1 fully saturated rings. The average molecular weight is 394 g/mol. The van der Waals surface area contributed by atoms with Gasteiger partial charge in [-0.2, -0.15) is 0 Å². The summed E-state index contributed by atoms with van der Waals surface area (Å²) < 4.78 is 0. The lowest BCUT2D eigenvalue weighted by atomic mass is 10.2. The molecule has 3 rings (SSSR count). The zero-order valence-electron chi connectivity index (χ0n) is 17.5. The monoisotopic (exact) mass is 393 g/mol. The van der Waals surface area contributed by atoms with E-state index in [1.54, 1.807) is 17.3 Å². The zero-order chi connectivity index (χ0) is 20.5. The lowest BCUT2D eigenvalue weighted by Gasteiger charge is -2.34. The van der Waals surface area contributed by atoms with E-state index in [0.29, 0.717) is 5.69 Å². The first kappa shape index (κ1) is 21.0. The minimum absolute atomic E-state index is 0.0625. The van der Waals surface area contributed by atoms with Crippen LogP contribution in [0.2, 0.25) is 0 Å². The van der Waals surface area contributed by atoms with Crippen molar-refractivity contribution in [2.75, 3.05) is 51.2 Å². The molecule has 1 aromatic carbocycles. The van der Waals surface area contributed by atoms with Crippen LogP contribution in [-0.2, 0) is 0 Å². The predicted octanol–water partition coefficient (Wildman–Crippen LogP) is 3.18. The highest BCUT2D eigenvalue weighted by molar-refractivity contribution is 5.91. The molecule has 0 bridgehead atoms. The second-order valence-electron chi connectivity index (χ2n) is 7.44. The van der Waals surface area contributed by atoms with Crippen LogP contribution in [0.25, 0.3) is 6.08 Å². The fraction of sp³-hybridized carbons (Fsp3) is 0.435. The number of rotatable bonds is 8. The Labute approximate surface area is 173 Å². The van der Waals surface area contributed by atoms with E-state index in [0.717, 1.165) is 57.9 Å².